The van der Waals surface area contributed by atoms with E-state index in [0.29, 0.717) is 18.0 Å². The predicted molar refractivity (Wildman–Crippen MR) is 97.5 cm³/mol. The van der Waals surface area contributed by atoms with Crippen LogP contribution in [0.1, 0.15) is 61.5 Å². The molecular formula is C20H27N3O. The molecule has 2 aromatic rings. The Bertz CT molecular complexity index is 744. The second-order valence-corrected chi connectivity index (χ2v) is 7.68. The van der Waals surface area contributed by atoms with Crippen LogP contribution in [0, 0.1) is 0 Å². The second-order valence-electron chi connectivity index (χ2n) is 7.68. The van der Waals surface area contributed by atoms with Crippen LogP contribution in [0.5, 0.6) is 0 Å². The smallest absolute Gasteiger partial charge is 0.270 e. The summed E-state index contributed by atoms with van der Waals surface area (Å²) in [6.07, 6.45) is 4.79. The zero-order valence-corrected chi connectivity index (χ0v) is 14.6. The number of aromatic nitrogens is 1. The second kappa shape index (κ2) is 6.25. The standard InChI is InChI=1S/C20H27N3O/c1-13(2)21-15-5-4-10-23(12-15)20(24)19-11-17-16(14-8-9-14)6-3-7-18(17)22-19/h3,6-7,11,13-15,21-22H,4-5,8-10,12H2,1-2H3/t15-/m0/s1. The first-order valence-electron chi connectivity index (χ1n) is 9.29. The fourth-order valence-electron chi connectivity index (χ4n) is 3.98. The van der Waals surface area contributed by atoms with E-state index < -0.39 is 0 Å². The quantitative estimate of drug-likeness (QED) is 0.901. The molecule has 1 aliphatic heterocycles. The Morgan fingerprint density at radius 2 is 2.12 bits per heavy atom. The van der Waals surface area contributed by atoms with E-state index in [9.17, 15) is 4.79 Å². The van der Waals surface area contributed by atoms with Crippen molar-refractivity contribution >= 4 is 16.8 Å². The Hall–Kier alpha value is -1.81. The summed E-state index contributed by atoms with van der Waals surface area (Å²) < 4.78 is 0. The summed E-state index contributed by atoms with van der Waals surface area (Å²) in [5.41, 5.74) is 3.24. The minimum atomic E-state index is 0.142. The summed E-state index contributed by atoms with van der Waals surface area (Å²) in [4.78, 5) is 18.3. The third-order valence-electron chi connectivity index (χ3n) is 5.22. The van der Waals surface area contributed by atoms with Gasteiger partial charge in [0.1, 0.15) is 5.69 Å². The maximum atomic E-state index is 13.0. The first-order chi connectivity index (χ1) is 11.6. The van der Waals surface area contributed by atoms with Gasteiger partial charge >= 0.3 is 0 Å². The third kappa shape index (κ3) is 3.07. The fraction of sp³-hybridized carbons (Fsp3) is 0.550. The Kier molecular flexibility index (Phi) is 4.09. The molecule has 0 bridgehead atoms. The zero-order valence-electron chi connectivity index (χ0n) is 14.6. The lowest BCUT2D eigenvalue weighted by molar-refractivity contribution is 0.0686. The average Bonchev–Trinajstić information content (AvgIpc) is 3.31. The molecule has 1 atom stereocenters. The van der Waals surface area contributed by atoms with E-state index in [1.807, 2.05) is 4.90 Å². The predicted octanol–water partition coefficient (Wildman–Crippen LogP) is 3.65. The number of fused-ring (bicyclic) bond motifs is 1. The molecule has 1 aliphatic carbocycles. The summed E-state index contributed by atoms with van der Waals surface area (Å²) >= 11 is 0. The molecule has 1 amide bonds. The molecule has 1 aromatic carbocycles. The first-order valence-corrected chi connectivity index (χ1v) is 9.29. The maximum Gasteiger partial charge on any atom is 0.270 e. The number of likely N-dealkylation sites (tertiary alicyclic amines) is 1. The molecule has 2 aliphatic rings. The van der Waals surface area contributed by atoms with Crippen LogP contribution in [0.15, 0.2) is 24.3 Å². The number of hydrogen-bond donors (Lipinski definition) is 2. The largest absolute Gasteiger partial charge is 0.351 e. The molecule has 0 unspecified atom stereocenters. The number of carbonyl (C=O) groups excluding carboxylic acids is 1. The highest BCUT2D eigenvalue weighted by molar-refractivity contribution is 5.99. The molecule has 1 saturated heterocycles. The van der Waals surface area contributed by atoms with Crippen molar-refractivity contribution in [3.8, 4) is 0 Å². The number of H-pyrrole nitrogens is 1. The van der Waals surface area contributed by atoms with Crippen molar-refractivity contribution in [2.45, 2.75) is 57.5 Å². The molecular weight excluding hydrogens is 298 g/mol. The van der Waals surface area contributed by atoms with Crippen molar-refractivity contribution in [1.29, 1.82) is 0 Å². The number of rotatable bonds is 4. The van der Waals surface area contributed by atoms with Crippen LogP contribution in [0.2, 0.25) is 0 Å². The average molecular weight is 325 g/mol. The minimum Gasteiger partial charge on any atom is -0.351 e. The highest BCUT2D eigenvalue weighted by Crippen LogP contribution is 2.43. The molecule has 2 fully saturated rings. The Balaban J connectivity index is 1.55. The van der Waals surface area contributed by atoms with E-state index >= 15 is 0 Å². The topological polar surface area (TPSA) is 48.1 Å². The number of benzene rings is 1. The molecule has 4 nitrogen and oxygen atoms in total. The molecule has 4 heteroatoms. The van der Waals surface area contributed by atoms with Gasteiger partial charge in [0.25, 0.3) is 5.91 Å². The van der Waals surface area contributed by atoms with Crippen LogP contribution in [-0.2, 0) is 0 Å². The van der Waals surface area contributed by atoms with E-state index in [2.05, 4.69) is 48.4 Å². The SMILES string of the molecule is CC(C)N[C@H]1CCCN(C(=O)c2cc3c(C4CC4)cccc3[nH]2)C1. The zero-order chi connectivity index (χ0) is 16.7. The third-order valence-corrected chi connectivity index (χ3v) is 5.22. The van der Waals surface area contributed by atoms with Gasteiger partial charge in [0.2, 0.25) is 0 Å². The van der Waals surface area contributed by atoms with Gasteiger partial charge in [-0.2, -0.15) is 0 Å². The lowest BCUT2D eigenvalue weighted by Crippen LogP contribution is -2.49. The fourth-order valence-corrected chi connectivity index (χ4v) is 3.98. The van der Waals surface area contributed by atoms with Gasteiger partial charge in [0, 0.05) is 36.1 Å². The maximum absolute atomic E-state index is 13.0. The van der Waals surface area contributed by atoms with Gasteiger partial charge in [0.15, 0.2) is 0 Å². The van der Waals surface area contributed by atoms with Crippen molar-refractivity contribution < 1.29 is 4.79 Å². The van der Waals surface area contributed by atoms with Crippen molar-refractivity contribution in [2.75, 3.05) is 13.1 Å². The molecule has 128 valence electrons. The molecule has 1 aromatic heterocycles. The van der Waals surface area contributed by atoms with Crippen molar-refractivity contribution in [1.82, 2.24) is 15.2 Å². The highest BCUT2D eigenvalue weighted by atomic mass is 16.2. The van der Waals surface area contributed by atoms with Crippen LogP contribution in [0.4, 0.5) is 0 Å². The summed E-state index contributed by atoms with van der Waals surface area (Å²) in [5, 5.41) is 4.81. The van der Waals surface area contributed by atoms with E-state index in [4.69, 9.17) is 0 Å². The van der Waals surface area contributed by atoms with Gasteiger partial charge in [0.05, 0.1) is 0 Å². The summed E-state index contributed by atoms with van der Waals surface area (Å²) in [5.74, 6) is 0.838. The Morgan fingerprint density at radius 1 is 1.29 bits per heavy atom. The van der Waals surface area contributed by atoms with Gasteiger partial charge in [-0.05, 0) is 49.3 Å². The molecule has 0 spiro atoms. The number of nitrogens with one attached hydrogen (secondary N) is 2. The van der Waals surface area contributed by atoms with Gasteiger partial charge < -0.3 is 15.2 Å². The van der Waals surface area contributed by atoms with Gasteiger partial charge in [-0.1, -0.05) is 26.0 Å². The van der Waals surface area contributed by atoms with Gasteiger partial charge in [-0.25, -0.2) is 0 Å². The van der Waals surface area contributed by atoms with E-state index in [-0.39, 0.29) is 5.91 Å². The molecule has 2 heterocycles. The van der Waals surface area contributed by atoms with Crippen molar-refractivity contribution in [2.24, 2.45) is 0 Å². The van der Waals surface area contributed by atoms with E-state index in [1.165, 1.54) is 23.8 Å². The molecule has 4 rings (SSSR count). The number of carbonyl (C=O) groups is 1. The van der Waals surface area contributed by atoms with E-state index in [0.717, 1.165) is 37.1 Å². The van der Waals surface area contributed by atoms with E-state index in [1.54, 1.807) is 0 Å². The van der Waals surface area contributed by atoms with Gasteiger partial charge in [-0.15, -0.1) is 0 Å². The lowest BCUT2D eigenvalue weighted by atomic mass is 10.0. The van der Waals surface area contributed by atoms with Crippen LogP contribution in [0.25, 0.3) is 10.9 Å². The number of piperidine rings is 1. The number of aromatic amines is 1. The first kappa shape index (κ1) is 15.7. The Labute approximate surface area is 143 Å². The van der Waals surface area contributed by atoms with Crippen LogP contribution < -0.4 is 5.32 Å². The Morgan fingerprint density at radius 3 is 2.88 bits per heavy atom. The summed E-state index contributed by atoms with van der Waals surface area (Å²) in [6.45, 7) is 6.00. The molecule has 24 heavy (non-hydrogen) atoms. The summed E-state index contributed by atoms with van der Waals surface area (Å²) in [7, 11) is 0. The molecule has 0 radical (unpaired) electrons. The lowest BCUT2D eigenvalue weighted by Gasteiger charge is -2.34. The van der Waals surface area contributed by atoms with Gasteiger partial charge in [-0.3, -0.25) is 4.79 Å². The summed E-state index contributed by atoms with van der Waals surface area (Å²) in [6, 6.07) is 9.34. The number of nitrogens with zero attached hydrogens (tertiary/aromatic N) is 1. The van der Waals surface area contributed by atoms with Crippen molar-refractivity contribution in [3.63, 3.8) is 0 Å². The van der Waals surface area contributed by atoms with Crippen molar-refractivity contribution in [3.05, 3.63) is 35.5 Å². The number of amides is 1. The van der Waals surface area contributed by atoms with Crippen LogP contribution in [0.3, 0.4) is 0 Å². The minimum absolute atomic E-state index is 0.142. The van der Waals surface area contributed by atoms with Crippen LogP contribution >= 0.6 is 0 Å². The van der Waals surface area contributed by atoms with Crippen LogP contribution in [-0.4, -0.2) is 41.0 Å². The number of hydrogen-bond acceptors (Lipinski definition) is 2. The highest BCUT2D eigenvalue weighted by Gasteiger charge is 2.28. The molecule has 1 saturated carbocycles. The molecule has 2 N–H and O–H groups in total. The normalized spacial score (nSPS) is 21.6. The monoisotopic (exact) mass is 325 g/mol.